The molecule has 3 fully saturated rings. The normalized spacial score (nSPS) is 26.8. The topological polar surface area (TPSA) is 86.9 Å². The molecule has 36 heavy (non-hydrogen) atoms. The second-order valence-electron chi connectivity index (χ2n) is 10.7. The second-order valence-corrected chi connectivity index (χ2v) is 11.3. The summed E-state index contributed by atoms with van der Waals surface area (Å²) in [7, 11) is 0. The first-order chi connectivity index (χ1) is 17.0. The molecular formula is C25H30ClF3N4O3. The lowest BCUT2D eigenvalue weighted by Gasteiger charge is -2.36. The molecule has 1 aliphatic heterocycles. The number of hydrogen-bond acceptors (Lipinski definition) is 5. The molecule has 11 heteroatoms. The number of halogens is 4. The first-order valence-electron chi connectivity index (χ1n) is 12.4. The van der Waals surface area contributed by atoms with Crippen molar-refractivity contribution in [3.63, 3.8) is 0 Å². The molecule has 3 aliphatic rings. The molecule has 7 nitrogen and oxygen atoms in total. The standard InChI is InChI=1S/C25H30ClF3N4O3/c1-14-10-17(21(25(27,28)29)30-18-3-2-15(26)11-16(18)23(35)36)22-31-19(12-20(34)33(22)13-14)32-8-6-24(4-5-24)7-9-32/h10,12-13,15-16,18,21,30H,2-9,11H2,1H3,(H,35,36)/t15?,16?,18-,21+/m1/s1. The zero-order valence-corrected chi connectivity index (χ0v) is 20.8. The van der Waals surface area contributed by atoms with Crippen LogP contribution in [0.3, 0.4) is 0 Å². The van der Waals surface area contributed by atoms with Crippen LogP contribution in [0.25, 0.3) is 5.65 Å². The smallest absolute Gasteiger partial charge is 0.408 e. The maximum atomic E-state index is 14.5. The Labute approximate surface area is 211 Å². The third kappa shape index (κ3) is 4.94. The fourth-order valence-corrected chi connectivity index (χ4v) is 6.10. The first-order valence-corrected chi connectivity index (χ1v) is 12.9. The number of carboxylic acid groups (broad SMARTS) is 1. The molecular weight excluding hydrogens is 497 g/mol. The molecule has 0 amide bonds. The lowest BCUT2D eigenvalue weighted by Crippen LogP contribution is -2.49. The highest BCUT2D eigenvalue weighted by atomic mass is 35.5. The Hall–Kier alpha value is -2.33. The average Bonchev–Trinajstić information content (AvgIpc) is 3.56. The van der Waals surface area contributed by atoms with Crippen LogP contribution in [0.15, 0.2) is 23.1 Å². The molecule has 0 radical (unpaired) electrons. The van der Waals surface area contributed by atoms with Gasteiger partial charge in [-0.15, -0.1) is 11.6 Å². The van der Waals surface area contributed by atoms with Crippen LogP contribution in [0.2, 0.25) is 0 Å². The van der Waals surface area contributed by atoms with E-state index in [1.54, 1.807) is 6.92 Å². The molecule has 1 spiro atoms. The molecule has 0 bridgehead atoms. The highest BCUT2D eigenvalue weighted by Gasteiger charge is 2.47. The number of hydrogen-bond donors (Lipinski definition) is 2. The number of carboxylic acids is 1. The number of anilines is 1. The van der Waals surface area contributed by atoms with Gasteiger partial charge in [-0.2, -0.15) is 13.2 Å². The molecule has 1 saturated heterocycles. The van der Waals surface area contributed by atoms with Crippen molar-refractivity contribution in [3.8, 4) is 0 Å². The molecule has 2 unspecified atom stereocenters. The van der Waals surface area contributed by atoms with E-state index in [0.717, 1.165) is 17.2 Å². The second kappa shape index (κ2) is 9.20. The number of fused-ring (bicyclic) bond motifs is 1. The Morgan fingerprint density at radius 2 is 1.92 bits per heavy atom. The summed E-state index contributed by atoms with van der Waals surface area (Å²) in [6.45, 7) is 3.05. The largest absolute Gasteiger partial charge is 0.481 e. The van der Waals surface area contributed by atoms with Crippen LogP contribution >= 0.6 is 11.6 Å². The SMILES string of the molecule is Cc1cc([C@H](N[C@@H]2CCC(Cl)CC2C(=O)O)C(F)(F)F)c2nc(N3CCC4(CC3)CC4)cc(=O)n2c1. The number of carbonyl (C=O) groups is 1. The summed E-state index contributed by atoms with van der Waals surface area (Å²) >= 11 is 6.13. The van der Waals surface area contributed by atoms with Crippen LogP contribution in [0, 0.1) is 18.3 Å². The van der Waals surface area contributed by atoms with Crippen LogP contribution in [-0.4, -0.2) is 51.1 Å². The van der Waals surface area contributed by atoms with E-state index in [1.165, 1.54) is 31.2 Å². The fourth-order valence-electron chi connectivity index (χ4n) is 5.79. The zero-order valence-electron chi connectivity index (χ0n) is 20.0. The summed E-state index contributed by atoms with van der Waals surface area (Å²) < 4.78 is 44.7. The van der Waals surface area contributed by atoms with Crippen molar-refractivity contribution in [2.24, 2.45) is 11.3 Å². The van der Waals surface area contributed by atoms with Crippen LogP contribution in [0.1, 0.15) is 62.1 Å². The van der Waals surface area contributed by atoms with Gasteiger partial charge in [-0.05, 0) is 68.9 Å². The van der Waals surface area contributed by atoms with Gasteiger partial charge in [0.1, 0.15) is 17.5 Å². The summed E-state index contributed by atoms with van der Waals surface area (Å²) in [6, 6.07) is -0.338. The van der Waals surface area contributed by atoms with E-state index >= 15 is 0 Å². The van der Waals surface area contributed by atoms with E-state index in [1.807, 2.05) is 4.90 Å². The number of nitrogens with zero attached hydrogens (tertiary/aromatic N) is 3. The Morgan fingerprint density at radius 3 is 2.53 bits per heavy atom. The molecule has 2 aromatic rings. The summed E-state index contributed by atoms with van der Waals surface area (Å²) in [6.07, 6.45) is 1.84. The number of nitrogens with one attached hydrogen (secondary N) is 1. The van der Waals surface area contributed by atoms with Gasteiger partial charge < -0.3 is 10.0 Å². The molecule has 2 aliphatic carbocycles. The maximum Gasteiger partial charge on any atom is 0.408 e. The predicted molar refractivity (Wildman–Crippen MR) is 130 cm³/mol. The molecule has 3 heterocycles. The quantitative estimate of drug-likeness (QED) is 0.560. The summed E-state index contributed by atoms with van der Waals surface area (Å²) in [4.78, 5) is 31.4. The summed E-state index contributed by atoms with van der Waals surface area (Å²) in [5.41, 5.74) is 0.173. The van der Waals surface area contributed by atoms with E-state index in [0.29, 0.717) is 36.3 Å². The van der Waals surface area contributed by atoms with E-state index in [-0.39, 0.29) is 24.1 Å². The predicted octanol–water partition coefficient (Wildman–Crippen LogP) is 4.44. The van der Waals surface area contributed by atoms with Gasteiger partial charge in [-0.25, -0.2) is 4.98 Å². The minimum Gasteiger partial charge on any atom is -0.481 e. The van der Waals surface area contributed by atoms with E-state index < -0.39 is 41.1 Å². The average molecular weight is 527 g/mol. The molecule has 5 rings (SSSR count). The number of aryl methyl sites for hydroxylation is 1. The number of rotatable bonds is 5. The van der Waals surface area contributed by atoms with Crippen molar-refractivity contribution in [3.05, 3.63) is 39.8 Å². The van der Waals surface area contributed by atoms with Gasteiger partial charge in [-0.3, -0.25) is 19.3 Å². The highest BCUT2D eigenvalue weighted by molar-refractivity contribution is 6.20. The Bertz CT molecular complexity index is 1220. The molecule has 196 valence electrons. The minimum absolute atomic E-state index is 0.0671. The molecule has 2 N–H and O–H groups in total. The summed E-state index contributed by atoms with van der Waals surface area (Å²) in [5.74, 6) is -1.84. The van der Waals surface area contributed by atoms with Crippen LogP contribution < -0.4 is 15.8 Å². The maximum absolute atomic E-state index is 14.5. The van der Waals surface area contributed by atoms with Crippen LogP contribution in [0.4, 0.5) is 19.0 Å². The number of piperidine rings is 1. The van der Waals surface area contributed by atoms with Crippen molar-refractivity contribution in [2.45, 2.75) is 75.5 Å². The van der Waals surface area contributed by atoms with Gasteiger partial charge >= 0.3 is 12.1 Å². The van der Waals surface area contributed by atoms with Crippen molar-refractivity contribution in [1.82, 2.24) is 14.7 Å². The molecule has 2 saturated carbocycles. The van der Waals surface area contributed by atoms with Crippen molar-refractivity contribution < 1.29 is 23.1 Å². The van der Waals surface area contributed by atoms with E-state index in [4.69, 9.17) is 11.6 Å². The molecule has 2 aromatic heterocycles. The van der Waals surface area contributed by atoms with Gasteiger partial charge in [0.05, 0.1) is 5.92 Å². The van der Waals surface area contributed by atoms with Gasteiger partial charge in [0.2, 0.25) is 0 Å². The van der Waals surface area contributed by atoms with Crippen LogP contribution in [-0.2, 0) is 4.79 Å². The third-order valence-corrected chi connectivity index (χ3v) is 8.54. The summed E-state index contributed by atoms with van der Waals surface area (Å²) in [5, 5.41) is 11.8. The van der Waals surface area contributed by atoms with E-state index in [9.17, 15) is 27.9 Å². The van der Waals surface area contributed by atoms with Crippen molar-refractivity contribution in [2.75, 3.05) is 18.0 Å². The van der Waals surface area contributed by atoms with Crippen LogP contribution in [0.5, 0.6) is 0 Å². The Balaban J connectivity index is 1.55. The zero-order chi connectivity index (χ0) is 25.8. The van der Waals surface area contributed by atoms with Crippen molar-refractivity contribution >= 4 is 29.0 Å². The number of alkyl halides is 4. The lowest BCUT2D eigenvalue weighted by atomic mass is 9.83. The van der Waals surface area contributed by atoms with Crippen molar-refractivity contribution in [1.29, 1.82) is 0 Å². The number of aliphatic carboxylic acids is 1. The Morgan fingerprint density at radius 1 is 1.22 bits per heavy atom. The van der Waals surface area contributed by atoms with Gasteiger partial charge in [-0.1, -0.05) is 0 Å². The lowest BCUT2D eigenvalue weighted by molar-refractivity contribution is -0.164. The van der Waals surface area contributed by atoms with E-state index in [2.05, 4.69) is 10.3 Å². The highest BCUT2D eigenvalue weighted by Crippen LogP contribution is 2.53. The minimum atomic E-state index is -4.74. The van der Waals surface area contributed by atoms with Gasteiger partial charge in [0.15, 0.2) is 0 Å². The molecule has 4 atom stereocenters. The Kier molecular flexibility index (Phi) is 6.47. The fraction of sp³-hybridized carbons (Fsp3) is 0.640. The monoisotopic (exact) mass is 526 g/mol. The third-order valence-electron chi connectivity index (χ3n) is 8.14. The number of aromatic nitrogens is 2. The first kappa shape index (κ1) is 25.3. The number of pyridine rings is 1. The molecule has 0 aromatic carbocycles. The van der Waals surface area contributed by atoms with Gasteiger partial charge in [0.25, 0.3) is 5.56 Å². The van der Waals surface area contributed by atoms with Gasteiger partial charge in [0, 0.05) is 42.3 Å².